The molecule has 0 radical (unpaired) electrons. The predicted octanol–water partition coefficient (Wildman–Crippen LogP) is 3.38. The second kappa shape index (κ2) is 10.9. The lowest BCUT2D eigenvalue weighted by atomic mass is 10.1. The van der Waals surface area contributed by atoms with Gasteiger partial charge in [-0.05, 0) is 53.9 Å². The highest BCUT2D eigenvalue weighted by Crippen LogP contribution is 2.20. The van der Waals surface area contributed by atoms with Crippen molar-refractivity contribution in [1.82, 2.24) is 9.62 Å². The number of amides is 1. The molecule has 0 saturated carbocycles. The highest BCUT2D eigenvalue weighted by molar-refractivity contribution is 7.89. The lowest BCUT2D eigenvalue weighted by Gasteiger charge is -2.22. The molecule has 6 nitrogen and oxygen atoms in total. The molecule has 0 fully saturated rings. The average Bonchev–Trinajstić information content (AvgIpc) is 2.82. The minimum Gasteiger partial charge on any atom is -0.497 e. The fourth-order valence-electron chi connectivity index (χ4n) is 3.10. The summed E-state index contributed by atoms with van der Waals surface area (Å²) in [6.45, 7) is -0.0149. The first-order valence-electron chi connectivity index (χ1n) is 10.1. The van der Waals surface area contributed by atoms with E-state index in [4.69, 9.17) is 4.74 Å². The molecule has 0 aliphatic rings. The van der Waals surface area contributed by atoms with Crippen molar-refractivity contribution in [2.24, 2.45) is 0 Å². The Morgan fingerprint density at radius 3 is 2.22 bits per heavy atom. The second-order valence-electron chi connectivity index (χ2n) is 7.15. The molecule has 168 valence electrons. The van der Waals surface area contributed by atoms with Gasteiger partial charge >= 0.3 is 0 Å². The number of carbonyl (C=O) groups is 1. The van der Waals surface area contributed by atoms with Crippen LogP contribution in [0.4, 0.5) is 4.39 Å². The minimum absolute atomic E-state index is 0.0812. The summed E-state index contributed by atoms with van der Waals surface area (Å²) in [6, 6.07) is 21.3. The van der Waals surface area contributed by atoms with Crippen molar-refractivity contribution in [2.45, 2.75) is 17.9 Å². The summed E-state index contributed by atoms with van der Waals surface area (Å²) in [5, 5.41) is 2.70. The van der Waals surface area contributed by atoms with E-state index in [-0.39, 0.29) is 30.3 Å². The fourth-order valence-corrected chi connectivity index (χ4v) is 4.50. The third kappa shape index (κ3) is 6.38. The number of nitrogens with zero attached hydrogens (tertiary/aromatic N) is 1. The van der Waals surface area contributed by atoms with Gasteiger partial charge in [0.25, 0.3) is 0 Å². The zero-order valence-electron chi connectivity index (χ0n) is 17.7. The Kier molecular flexibility index (Phi) is 7.97. The average molecular weight is 457 g/mol. The van der Waals surface area contributed by atoms with Crippen LogP contribution in [0.15, 0.2) is 83.8 Å². The monoisotopic (exact) mass is 456 g/mol. The maximum atomic E-state index is 13.3. The van der Waals surface area contributed by atoms with Crippen LogP contribution in [-0.4, -0.2) is 38.8 Å². The summed E-state index contributed by atoms with van der Waals surface area (Å²) in [4.78, 5) is 12.7. The van der Waals surface area contributed by atoms with Crippen molar-refractivity contribution in [3.63, 3.8) is 0 Å². The van der Waals surface area contributed by atoms with E-state index < -0.39 is 15.9 Å². The molecule has 0 aliphatic heterocycles. The zero-order valence-corrected chi connectivity index (χ0v) is 18.5. The first kappa shape index (κ1) is 23.4. The Morgan fingerprint density at radius 1 is 0.938 bits per heavy atom. The number of benzene rings is 3. The molecule has 1 amide bonds. The smallest absolute Gasteiger partial charge is 0.243 e. The standard InChI is InChI=1S/C24H25FN2O4S/c1-31-22-11-13-23(14-12-22)32(29,30)27(16-15-19-5-3-2-4-6-19)18-24(28)26-17-20-7-9-21(25)10-8-20/h2-14H,15-18H2,1H3,(H,26,28). The van der Waals surface area contributed by atoms with Crippen LogP contribution in [0.5, 0.6) is 5.75 Å². The topological polar surface area (TPSA) is 75.7 Å². The third-order valence-corrected chi connectivity index (χ3v) is 6.77. The normalized spacial score (nSPS) is 11.3. The van der Waals surface area contributed by atoms with Crippen LogP contribution < -0.4 is 10.1 Å². The maximum absolute atomic E-state index is 13.3. The molecule has 0 heterocycles. The van der Waals surface area contributed by atoms with Crippen LogP contribution in [0, 0.1) is 5.82 Å². The van der Waals surface area contributed by atoms with Crippen molar-refractivity contribution < 1.29 is 22.3 Å². The van der Waals surface area contributed by atoms with Gasteiger partial charge in [0, 0.05) is 13.1 Å². The van der Waals surface area contributed by atoms with Crippen LogP contribution in [-0.2, 0) is 27.8 Å². The van der Waals surface area contributed by atoms with Gasteiger partial charge in [0.1, 0.15) is 11.6 Å². The Morgan fingerprint density at radius 2 is 1.59 bits per heavy atom. The van der Waals surface area contributed by atoms with E-state index in [0.29, 0.717) is 17.7 Å². The molecular formula is C24H25FN2O4S. The fraction of sp³-hybridized carbons (Fsp3) is 0.208. The number of carbonyl (C=O) groups excluding carboxylic acids is 1. The Labute approximate surface area is 187 Å². The second-order valence-corrected chi connectivity index (χ2v) is 9.09. The van der Waals surface area contributed by atoms with Gasteiger partial charge in [-0.1, -0.05) is 42.5 Å². The van der Waals surface area contributed by atoms with Crippen molar-refractivity contribution in [2.75, 3.05) is 20.2 Å². The first-order chi connectivity index (χ1) is 15.4. The van der Waals surface area contributed by atoms with Gasteiger partial charge in [0.15, 0.2) is 0 Å². The highest BCUT2D eigenvalue weighted by Gasteiger charge is 2.26. The quantitative estimate of drug-likeness (QED) is 0.508. The summed E-state index contributed by atoms with van der Waals surface area (Å²) >= 11 is 0. The number of ether oxygens (including phenoxy) is 1. The molecule has 0 atom stereocenters. The predicted molar refractivity (Wildman–Crippen MR) is 120 cm³/mol. The van der Waals surface area contributed by atoms with Gasteiger partial charge in [-0.15, -0.1) is 0 Å². The molecule has 8 heteroatoms. The van der Waals surface area contributed by atoms with Gasteiger partial charge in [-0.2, -0.15) is 4.31 Å². The minimum atomic E-state index is -3.91. The van der Waals surface area contributed by atoms with Gasteiger partial charge < -0.3 is 10.1 Å². The van der Waals surface area contributed by atoms with Crippen LogP contribution in [0.2, 0.25) is 0 Å². The molecule has 0 aromatic heterocycles. The summed E-state index contributed by atoms with van der Waals surface area (Å²) in [5.74, 6) is -0.269. The number of nitrogens with one attached hydrogen (secondary N) is 1. The first-order valence-corrected chi connectivity index (χ1v) is 11.5. The van der Waals surface area contributed by atoms with E-state index in [1.807, 2.05) is 30.3 Å². The van der Waals surface area contributed by atoms with E-state index in [9.17, 15) is 17.6 Å². The SMILES string of the molecule is COc1ccc(S(=O)(=O)N(CCc2ccccc2)CC(=O)NCc2ccc(F)cc2)cc1. The number of hydrogen-bond acceptors (Lipinski definition) is 4. The zero-order chi connectivity index (χ0) is 23.0. The van der Waals surface area contributed by atoms with Crippen molar-refractivity contribution in [3.8, 4) is 5.75 Å². The van der Waals surface area contributed by atoms with Gasteiger partial charge in [0.2, 0.25) is 15.9 Å². The van der Waals surface area contributed by atoms with Crippen LogP contribution in [0.1, 0.15) is 11.1 Å². The van der Waals surface area contributed by atoms with E-state index in [1.54, 1.807) is 24.3 Å². The summed E-state index contributed by atoms with van der Waals surface area (Å²) in [7, 11) is -2.41. The molecule has 0 unspecified atom stereocenters. The Hall–Kier alpha value is -3.23. The van der Waals surface area contributed by atoms with Gasteiger partial charge in [0.05, 0.1) is 18.6 Å². The molecule has 1 N–H and O–H groups in total. The maximum Gasteiger partial charge on any atom is 0.243 e. The van der Waals surface area contributed by atoms with E-state index in [1.165, 1.54) is 35.7 Å². The third-order valence-electron chi connectivity index (χ3n) is 4.91. The lowest BCUT2D eigenvalue weighted by Crippen LogP contribution is -2.41. The molecule has 0 bridgehead atoms. The van der Waals surface area contributed by atoms with E-state index in [0.717, 1.165) is 5.56 Å². The molecular weight excluding hydrogens is 431 g/mol. The Balaban J connectivity index is 1.74. The van der Waals surface area contributed by atoms with Gasteiger partial charge in [-0.3, -0.25) is 4.79 Å². The molecule has 0 aliphatic carbocycles. The molecule has 3 aromatic rings. The van der Waals surface area contributed by atoms with Crippen LogP contribution in [0.3, 0.4) is 0 Å². The molecule has 0 saturated heterocycles. The Bertz CT molecular complexity index is 1120. The lowest BCUT2D eigenvalue weighted by molar-refractivity contribution is -0.121. The number of hydrogen-bond donors (Lipinski definition) is 1. The molecule has 32 heavy (non-hydrogen) atoms. The molecule has 3 rings (SSSR count). The summed E-state index contributed by atoms with van der Waals surface area (Å²) in [5.41, 5.74) is 1.68. The summed E-state index contributed by atoms with van der Waals surface area (Å²) < 4.78 is 45.8. The van der Waals surface area contributed by atoms with Gasteiger partial charge in [-0.25, -0.2) is 12.8 Å². The molecule has 3 aromatic carbocycles. The highest BCUT2D eigenvalue weighted by atomic mass is 32.2. The number of methoxy groups -OCH3 is 1. The number of sulfonamides is 1. The van der Waals surface area contributed by atoms with Crippen molar-refractivity contribution >= 4 is 15.9 Å². The molecule has 0 spiro atoms. The largest absolute Gasteiger partial charge is 0.497 e. The number of rotatable bonds is 10. The van der Waals surface area contributed by atoms with Crippen LogP contribution >= 0.6 is 0 Å². The van der Waals surface area contributed by atoms with E-state index >= 15 is 0 Å². The van der Waals surface area contributed by atoms with Crippen LogP contribution in [0.25, 0.3) is 0 Å². The summed E-state index contributed by atoms with van der Waals surface area (Å²) in [6.07, 6.45) is 0.460. The van der Waals surface area contributed by atoms with E-state index in [2.05, 4.69) is 5.32 Å². The van der Waals surface area contributed by atoms with Crippen molar-refractivity contribution in [3.05, 3.63) is 95.8 Å². The number of halogens is 1. The van der Waals surface area contributed by atoms with Crippen molar-refractivity contribution in [1.29, 1.82) is 0 Å².